The normalized spacial score (nSPS) is 20.5. The Kier molecular flexibility index (Phi) is 3.19. The van der Waals surface area contributed by atoms with E-state index in [2.05, 4.69) is 27.0 Å². The van der Waals surface area contributed by atoms with Crippen molar-refractivity contribution < 1.29 is 0 Å². The van der Waals surface area contributed by atoms with Crippen LogP contribution in [0, 0.1) is 5.92 Å². The third-order valence-electron chi connectivity index (χ3n) is 3.77. The van der Waals surface area contributed by atoms with E-state index < -0.39 is 0 Å². The van der Waals surface area contributed by atoms with E-state index >= 15 is 0 Å². The number of hydrogen-bond donors (Lipinski definition) is 2. The van der Waals surface area contributed by atoms with Gasteiger partial charge in [-0.3, -0.25) is 0 Å². The predicted molar refractivity (Wildman–Crippen MR) is 74.7 cm³/mol. The summed E-state index contributed by atoms with van der Waals surface area (Å²) in [4.78, 5) is 10.4. The Morgan fingerprint density at radius 1 is 1.39 bits per heavy atom. The highest BCUT2D eigenvalue weighted by Crippen LogP contribution is 2.24. The number of anilines is 1. The van der Waals surface area contributed by atoms with Crippen LogP contribution in [0.25, 0.3) is 11.0 Å². The zero-order chi connectivity index (χ0) is 12.4. The lowest BCUT2D eigenvalue weighted by atomic mass is 9.95. The number of rotatable bonds is 3. The van der Waals surface area contributed by atoms with Crippen LogP contribution in [0.15, 0.2) is 24.3 Å². The third kappa shape index (κ3) is 2.20. The quantitative estimate of drug-likeness (QED) is 0.869. The molecular weight excluding hydrogens is 224 g/mol. The molecule has 3 rings (SSSR count). The highest BCUT2D eigenvalue weighted by Gasteiger charge is 2.21. The number of H-pyrrole nitrogens is 1. The highest BCUT2D eigenvalue weighted by atomic mass is 15.3. The van der Waals surface area contributed by atoms with Crippen LogP contribution in [0.2, 0.25) is 0 Å². The van der Waals surface area contributed by atoms with Crippen LogP contribution < -0.4 is 10.6 Å². The molecule has 1 aromatic carbocycles. The number of benzene rings is 1. The molecule has 0 saturated carbocycles. The number of nitrogens with one attached hydrogen (secondary N) is 1. The summed E-state index contributed by atoms with van der Waals surface area (Å²) in [6.45, 7) is 2.97. The molecule has 1 aromatic heterocycles. The zero-order valence-electron chi connectivity index (χ0n) is 10.6. The van der Waals surface area contributed by atoms with Crippen molar-refractivity contribution >= 4 is 17.0 Å². The highest BCUT2D eigenvalue weighted by molar-refractivity contribution is 5.77. The first-order valence-electron chi connectivity index (χ1n) is 6.76. The Morgan fingerprint density at radius 3 is 3.11 bits per heavy atom. The van der Waals surface area contributed by atoms with Crippen LogP contribution >= 0.6 is 0 Å². The molecule has 2 aromatic rings. The van der Waals surface area contributed by atoms with Gasteiger partial charge in [0.05, 0.1) is 11.0 Å². The second-order valence-corrected chi connectivity index (χ2v) is 5.11. The SMILES string of the molecule is NCCC1CCCN(c2nc3ccccc3[nH]2)C1. The molecule has 3 N–H and O–H groups in total. The average molecular weight is 244 g/mol. The van der Waals surface area contributed by atoms with Crippen molar-refractivity contribution in [2.75, 3.05) is 24.5 Å². The van der Waals surface area contributed by atoms with Crippen molar-refractivity contribution in [1.29, 1.82) is 0 Å². The number of para-hydroxylation sites is 2. The first-order valence-corrected chi connectivity index (χ1v) is 6.76. The van der Waals surface area contributed by atoms with Gasteiger partial charge in [-0.15, -0.1) is 0 Å². The van der Waals surface area contributed by atoms with Gasteiger partial charge in [0.25, 0.3) is 0 Å². The molecule has 1 saturated heterocycles. The molecule has 0 amide bonds. The average Bonchev–Trinajstić information content (AvgIpc) is 2.83. The van der Waals surface area contributed by atoms with Crippen molar-refractivity contribution in [1.82, 2.24) is 9.97 Å². The minimum Gasteiger partial charge on any atom is -0.342 e. The maximum Gasteiger partial charge on any atom is 0.203 e. The van der Waals surface area contributed by atoms with Gasteiger partial charge in [0, 0.05) is 13.1 Å². The fourth-order valence-corrected chi connectivity index (χ4v) is 2.82. The van der Waals surface area contributed by atoms with Crippen LogP contribution in [0.3, 0.4) is 0 Å². The van der Waals surface area contributed by atoms with Gasteiger partial charge in [0.15, 0.2) is 0 Å². The van der Waals surface area contributed by atoms with Crippen LogP contribution in [-0.2, 0) is 0 Å². The van der Waals surface area contributed by atoms with Crippen LogP contribution in [0.1, 0.15) is 19.3 Å². The molecule has 1 atom stereocenters. The second-order valence-electron chi connectivity index (χ2n) is 5.11. The van der Waals surface area contributed by atoms with Gasteiger partial charge in [-0.2, -0.15) is 0 Å². The Balaban J connectivity index is 1.80. The maximum atomic E-state index is 5.66. The standard InChI is InChI=1S/C14H20N4/c15-8-7-11-4-3-9-18(10-11)14-16-12-5-1-2-6-13(12)17-14/h1-2,5-6,11H,3-4,7-10,15H2,(H,16,17). The second kappa shape index (κ2) is 4.98. The molecular formula is C14H20N4. The number of fused-ring (bicyclic) bond motifs is 1. The van der Waals surface area contributed by atoms with Crippen molar-refractivity contribution in [3.63, 3.8) is 0 Å². The minimum absolute atomic E-state index is 0.719. The molecule has 1 fully saturated rings. The maximum absolute atomic E-state index is 5.66. The molecule has 0 aliphatic carbocycles. The van der Waals surface area contributed by atoms with E-state index in [0.29, 0.717) is 0 Å². The molecule has 0 radical (unpaired) electrons. The molecule has 4 heteroatoms. The predicted octanol–water partition coefficient (Wildman–Crippen LogP) is 2.13. The number of imidazole rings is 1. The summed E-state index contributed by atoms with van der Waals surface area (Å²) in [7, 11) is 0. The molecule has 2 heterocycles. The minimum atomic E-state index is 0.719. The van der Waals surface area contributed by atoms with Crippen molar-refractivity contribution in [3.05, 3.63) is 24.3 Å². The summed E-state index contributed by atoms with van der Waals surface area (Å²) >= 11 is 0. The summed E-state index contributed by atoms with van der Waals surface area (Å²) in [5.74, 6) is 1.73. The first-order chi connectivity index (χ1) is 8.86. The summed E-state index contributed by atoms with van der Waals surface area (Å²) in [6, 6.07) is 8.20. The van der Waals surface area contributed by atoms with Gasteiger partial charge in [0.1, 0.15) is 0 Å². The number of nitrogens with zero attached hydrogens (tertiary/aromatic N) is 2. The smallest absolute Gasteiger partial charge is 0.203 e. The Morgan fingerprint density at radius 2 is 2.28 bits per heavy atom. The molecule has 1 aliphatic heterocycles. The molecule has 0 bridgehead atoms. The van der Waals surface area contributed by atoms with Crippen molar-refractivity contribution in [2.24, 2.45) is 11.7 Å². The monoisotopic (exact) mass is 244 g/mol. The zero-order valence-corrected chi connectivity index (χ0v) is 10.6. The van der Waals surface area contributed by atoms with Crippen molar-refractivity contribution in [3.8, 4) is 0 Å². The van der Waals surface area contributed by atoms with Gasteiger partial charge in [-0.1, -0.05) is 12.1 Å². The molecule has 1 aliphatic rings. The summed E-state index contributed by atoms with van der Waals surface area (Å²) in [6.07, 6.45) is 3.66. The number of aromatic amines is 1. The summed E-state index contributed by atoms with van der Waals surface area (Å²) in [5, 5.41) is 0. The van der Waals surface area contributed by atoms with Gasteiger partial charge in [0.2, 0.25) is 5.95 Å². The number of nitrogens with two attached hydrogens (primary N) is 1. The number of piperidine rings is 1. The van der Waals surface area contributed by atoms with E-state index in [1.807, 2.05) is 12.1 Å². The lowest BCUT2D eigenvalue weighted by molar-refractivity contribution is 0.393. The van der Waals surface area contributed by atoms with Gasteiger partial charge < -0.3 is 15.6 Å². The fraction of sp³-hybridized carbons (Fsp3) is 0.500. The van der Waals surface area contributed by atoms with Crippen LogP contribution in [0.4, 0.5) is 5.95 Å². The molecule has 0 spiro atoms. The first kappa shape index (κ1) is 11.5. The molecule has 96 valence electrons. The van der Waals surface area contributed by atoms with E-state index in [-0.39, 0.29) is 0 Å². The fourth-order valence-electron chi connectivity index (χ4n) is 2.82. The van der Waals surface area contributed by atoms with E-state index in [1.165, 1.54) is 12.8 Å². The largest absolute Gasteiger partial charge is 0.342 e. The lowest BCUT2D eigenvalue weighted by Gasteiger charge is -2.32. The Bertz CT molecular complexity index is 484. The summed E-state index contributed by atoms with van der Waals surface area (Å²) in [5.41, 5.74) is 7.83. The molecule has 4 nitrogen and oxygen atoms in total. The number of hydrogen-bond acceptors (Lipinski definition) is 3. The van der Waals surface area contributed by atoms with E-state index in [0.717, 1.165) is 49.0 Å². The number of aromatic nitrogens is 2. The van der Waals surface area contributed by atoms with Crippen LogP contribution in [0.5, 0.6) is 0 Å². The third-order valence-corrected chi connectivity index (χ3v) is 3.77. The van der Waals surface area contributed by atoms with Gasteiger partial charge >= 0.3 is 0 Å². The Hall–Kier alpha value is -1.55. The summed E-state index contributed by atoms with van der Waals surface area (Å²) < 4.78 is 0. The Labute approximate surface area is 107 Å². The van der Waals surface area contributed by atoms with E-state index in [9.17, 15) is 0 Å². The lowest BCUT2D eigenvalue weighted by Crippen LogP contribution is -2.36. The molecule has 18 heavy (non-hydrogen) atoms. The van der Waals surface area contributed by atoms with E-state index in [1.54, 1.807) is 0 Å². The van der Waals surface area contributed by atoms with Gasteiger partial charge in [-0.25, -0.2) is 4.98 Å². The topological polar surface area (TPSA) is 57.9 Å². The van der Waals surface area contributed by atoms with E-state index in [4.69, 9.17) is 5.73 Å². The van der Waals surface area contributed by atoms with Crippen LogP contribution in [-0.4, -0.2) is 29.6 Å². The van der Waals surface area contributed by atoms with Crippen molar-refractivity contribution in [2.45, 2.75) is 19.3 Å². The molecule has 1 unspecified atom stereocenters. The van der Waals surface area contributed by atoms with Gasteiger partial charge in [-0.05, 0) is 43.9 Å².